The van der Waals surface area contributed by atoms with Crippen molar-refractivity contribution in [3.05, 3.63) is 29.6 Å². The minimum Gasteiger partial charge on any atom is -0.355 e. The van der Waals surface area contributed by atoms with Gasteiger partial charge in [0.15, 0.2) is 0 Å². The summed E-state index contributed by atoms with van der Waals surface area (Å²) in [5, 5.41) is 5.97. The first kappa shape index (κ1) is 12.6. The Labute approximate surface area is 96.5 Å². The molecule has 0 aliphatic carbocycles. The van der Waals surface area contributed by atoms with E-state index in [1.165, 1.54) is 5.56 Å². The van der Waals surface area contributed by atoms with E-state index in [-0.39, 0.29) is 11.9 Å². The van der Waals surface area contributed by atoms with Gasteiger partial charge in [0.05, 0.1) is 6.04 Å². The molecule has 0 saturated carbocycles. The highest BCUT2D eigenvalue weighted by Gasteiger charge is 2.10. The molecular weight excluding hydrogens is 202 g/mol. The fraction of sp³-hybridized carbons (Fsp3) is 0.500. The van der Waals surface area contributed by atoms with E-state index in [2.05, 4.69) is 15.6 Å². The highest BCUT2D eigenvalue weighted by molar-refractivity contribution is 5.81. The van der Waals surface area contributed by atoms with Gasteiger partial charge in [-0.1, -0.05) is 0 Å². The minimum absolute atomic E-state index is 0.0363. The van der Waals surface area contributed by atoms with Crippen LogP contribution in [0.25, 0.3) is 0 Å². The molecule has 1 atom stereocenters. The highest BCUT2D eigenvalue weighted by atomic mass is 16.2. The Morgan fingerprint density at radius 2 is 2.31 bits per heavy atom. The van der Waals surface area contributed by atoms with Gasteiger partial charge in [0.1, 0.15) is 0 Å². The molecule has 0 aromatic carbocycles. The fourth-order valence-corrected chi connectivity index (χ4v) is 1.38. The van der Waals surface area contributed by atoms with E-state index >= 15 is 0 Å². The maximum Gasteiger partial charge on any atom is 0.236 e. The van der Waals surface area contributed by atoms with Gasteiger partial charge in [0.2, 0.25) is 5.91 Å². The van der Waals surface area contributed by atoms with Gasteiger partial charge in [-0.15, -0.1) is 0 Å². The number of pyridine rings is 1. The summed E-state index contributed by atoms with van der Waals surface area (Å²) in [4.78, 5) is 15.5. The summed E-state index contributed by atoms with van der Waals surface area (Å²) in [5.41, 5.74) is 2.31. The Morgan fingerprint density at radius 3 is 2.94 bits per heavy atom. The largest absolute Gasteiger partial charge is 0.355 e. The fourth-order valence-electron chi connectivity index (χ4n) is 1.38. The van der Waals surface area contributed by atoms with Gasteiger partial charge in [-0.3, -0.25) is 9.78 Å². The lowest BCUT2D eigenvalue weighted by molar-refractivity contribution is -0.122. The van der Waals surface area contributed by atoms with Gasteiger partial charge < -0.3 is 10.6 Å². The minimum atomic E-state index is -0.174. The number of nitrogens with one attached hydrogen (secondary N) is 2. The summed E-state index contributed by atoms with van der Waals surface area (Å²) in [6.07, 6.45) is 3.59. The first-order valence-corrected chi connectivity index (χ1v) is 5.55. The molecule has 1 rings (SSSR count). The number of nitrogens with zero attached hydrogens (tertiary/aromatic N) is 1. The number of likely N-dealkylation sites (N-methyl/N-ethyl adjacent to an activating group) is 1. The molecule has 1 unspecified atom stereocenters. The van der Waals surface area contributed by atoms with Gasteiger partial charge in [-0.05, 0) is 38.0 Å². The third kappa shape index (κ3) is 3.62. The van der Waals surface area contributed by atoms with E-state index in [1.54, 1.807) is 6.20 Å². The van der Waals surface area contributed by atoms with Crippen LogP contribution in [0.1, 0.15) is 25.0 Å². The smallest absolute Gasteiger partial charge is 0.236 e. The lowest BCUT2D eigenvalue weighted by Gasteiger charge is -2.14. The van der Waals surface area contributed by atoms with Crippen molar-refractivity contribution < 1.29 is 4.79 Å². The zero-order valence-electron chi connectivity index (χ0n) is 10.1. The van der Waals surface area contributed by atoms with E-state index in [0.29, 0.717) is 13.1 Å². The van der Waals surface area contributed by atoms with Crippen molar-refractivity contribution in [2.45, 2.75) is 33.4 Å². The SMILES string of the molecule is CCNC(=O)C(C)NCc1ccncc1C. The van der Waals surface area contributed by atoms with Gasteiger partial charge in [-0.2, -0.15) is 0 Å². The summed E-state index contributed by atoms with van der Waals surface area (Å²) in [6.45, 7) is 7.14. The number of amides is 1. The Kier molecular flexibility index (Phi) is 4.92. The molecule has 1 heterocycles. The van der Waals surface area contributed by atoms with Crippen molar-refractivity contribution in [3.63, 3.8) is 0 Å². The van der Waals surface area contributed by atoms with Crippen LogP contribution in [0.4, 0.5) is 0 Å². The second-order valence-electron chi connectivity index (χ2n) is 3.80. The summed E-state index contributed by atoms with van der Waals surface area (Å²) in [7, 11) is 0. The number of hydrogen-bond donors (Lipinski definition) is 2. The van der Waals surface area contributed by atoms with Gasteiger partial charge in [0, 0.05) is 25.5 Å². The van der Waals surface area contributed by atoms with Crippen LogP contribution in [0.3, 0.4) is 0 Å². The predicted molar refractivity (Wildman–Crippen MR) is 64.0 cm³/mol. The molecule has 1 aromatic heterocycles. The Morgan fingerprint density at radius 1 is 1.56 bits per heavy atom. The van der Waals surface area contributed by atoms with E-state index in [0.717, 1.165) is 5.56 Å². The zero-order valence-corrected chi connectivity index (χ0v) is 10.1. The molecule has 1 amide bonds. The number of hydrogen-bond acceptors (Lipinski definition) is 3. The van der Waals surface area contributed by atoms with Crippen molar-refractivity contribution in [2.24, 2.45) is 0 Å². The maximum absolute atomic E-state index is 11.5. The highest BCUT2D eigenvalue weighted by Crippen LogP contribution is 2.04. The quantitative estimate of drug-likeness (QED) is 0.780. The molecule has 16 heavy (non-hydrogen) atoms. The molecule has 0 bridgehead atoms. The summed E-state index contributed by atoms with van der Waals surface area (Å²) in [6, 6.07) is 1.79. The molecule has 0 saturated heterocycles. The first-order valence-electron chi connectivity index (χ1n) is 5.55. The molecule has 4 nitrogen and oxygen atoms in total. The summed E-state index contributed by atoms with van der Waals surface area (Å²) >= 11 is 0. The van der Waals surface area contributed by atoms with E-state index < -0.39 is 0 Å². The van der Waals surface area contributed by atoms with Gasteiger partial charge in [-0.25, -0.2) is 0 Å². The zero-order chi connectivity index (χ0) is 12.0. The van der Waals surface area contributed by atoms with Crippen LogP contribution in [-0.2, 0) is 11.3 Å². The third-order valence-electron chi connectivity index (χ3n) is 2.48. The molecule has 2 N–H and O–H groups in total. The summed E-state index contributed by atoms with van der Waals surface area (Å²) in [5.74, 6) is 0.0363. The maximum atomic E-state index is 11.5. The molecular formula is C12H19N3O. The van der Waals surface area contributed by atoms with Crippen LogP contribution >= 0.6 is 0 Å². The van der Waals surface area contributed by atoms with Gasteiger partial charge in [0.25, 0.3) is 0 Å². The Balaban J connectivity index is 2.46. The third-order valence-corrected chi connectivity index (χ3v) is 2.48. The molecule has 0 radical (unpaired) electrons. The number of carbonyl (C=O) groups excluding carboxylic acids is 1. The van der Waals surface area contributed by atoms with Crippen molar-refractivity contribution in [3.8, 4) is 0 Å². The predicted octanol–water partition coefficient (Wildman–Crippen LogP) is 1.00. The molecule has 88 valence electrons. The molecule has 0 spiro atoms. The van der Waals surface area contributed by atoms with E-state index in [1.807, 2.05) is 33.0 Å². The van der Waals surface area contributed by atoms with Crippen LogP contribution in [0.5, 0.6) is 0 Å². The summed E-state index contributed by atoms with van der Waals surface area (Å²) < 4.78 is 0. The molecule has 4 heteroatoms. The van der Waals surface area contributed by atoms with Crippen LogP contribution in [-0.4, -0.2) is 23.5 Å². The second kappa shape index (κ2) is 6.23. The molecule has 0 fully saturated rings. The number of aromatic nitrogens is 1. The average Bonchev–Trinajstić information content (AvgIpc) is 2.28. The second-order valence-corrected chi connectivity index (χ2v) is 3.80. The lowest BCUT2D eigenvalue weighted by Crippen LogP contribution is -2.41. The van der Waals surface area contributed by atoms with E-state index in [9.17, 15) is 4.79 Å². The first-order chi connectivity index (χ1) is 7.65. The van der Waals surface area contributed by atoms with Crippen molar-refractivity contribution >= 4 is 5.91 Å². The number of carbonyl (C=O) groups is 1. The molecule has 1 aromatic rings. The van der Waals surface area contributed by atoms with Crippen LogP contribution in [0.2, 0.25) is 0 Å². The monoisotopic (exact) mass is 221 g/mol. The normalized spacial score (nSPS) is 12.2. The number of rotatable bonds is 5. The van der Waals surface area contributed by atoms with Crippen LogP contribution in [0.15, 0.2) is 18.5 Å². The topological polar surface area (TPSA) is 54.0 Å². The lowest BCUT2D eigenvalue weighted by atomic mass is 10.1. The van der Waals surface area contributed by atoms with Gasteiger partial charge >= 0.3 is 0 Å². The van der Waals surface area contributed by atoms with Crippen molar-refractivity contribution in [1.82, 2.24) is 15.6 Å². The Bertz CT molecular complexity index is 352. The van der Waals surface area contributed by atoms with Crippen LogP contribution < -0.4 is 10.6 Å². The van der Waals surface area contributed by atoms with Crippen molar-refractivity contribution in [2.75, 3.05) is 6.54 Å². The van der Waals surface area contributed by atoms with Crippen LogP contribution in [0, 0.1) is 6.92 Å². The number of aryl methyl sites for hydroxylation is 1. The average molecular weight is 221 g/mol. The molecule has 0 aliphatic heterocycles. The van der Waals surface area contributed by atoms with E-state index in [4.69, 9.17) is 0 Å². The Hall–Kier alpha value is -1.42. The molecule has 0 aliphatic rings. The standard InChI is InChI=1S/C12H19N3O/c1-4-14-12(16)10(3)15-8-11-5-6-13-7-9(11)2/h5-7,10,15H,4,8H2,1-3H3,(H,14,16). The van der Waals surface area contributed by atoms with Crippen molar-refractivity contribution in [1.29, 1.82) is 0 Å².